The number of hydrogen-bond acceptors (Lipinski definition) is 14. The van der Waals surface area contributed by atoms with Crippen molar-refractivity contribution in [3.8, 4) is 11.5 Å². The van der Waals surface area contributed by atoms with Crippen molar-refractivity contribution in [1.82, 2.24) is 10.3 Å². The number of aromatic hydroxyl groups is 2. The van der Waals surface area contributed by atoms with Gasteiger partial charge in [-0.15, -0.1) is 0 Å². The Morgan fingerprint density at radius 3 is 2.60 bits per heavy atom. The van der Waals surface area contributed by atoms with Crippen LogP contribution in [0.15, 0.2) is 47.6 Å². The van der Waals surface area contributed by atoms with Crippen molar-refractivity contribution in [3.05, 3.63) is 76.0 Å². The van der Waals surface area contributed by atoms with Crippen molar-refractivity contribution in [1.29, 1.82) is 0 Å². The molecule has 58 heavy (non-hydrogen) atoms. The second-order valence-corrected chi connectivity index (χ2v) is 19.5. The van der Waals surface area contributed by atoms with Gasteiger partial charge in [0.15, 0.2) is 24.1 Å². The Hall–Kier alpha value is -3.70. The van der Waals surface area contributed by atoms with Crippen molar-refractivity contribution < 1.29 is 48.3 Å². The van der Waals surface area contributed by atoms with Gasteiger partial charge in [0, 0.05) is 65.9 Å². The van der Waals surface area contributed by atoms with Crippen LogP contribution in [0.25, 0.3) is 0 Å². The van der Waals surface area contributed by atoms with Crippen molar-refractivity contribution in [2.24, 2.45) is 17.8 Å². The van der Waals surface area contributed by atoms with Gasteiger partial charge in [-0.1, -0.05) is 35.4 Å². The van der Waals surface area contributed by atoms with E-state index in [1.54, 1.807) is 30.2 Å². The maximum absolute atomic E-state index is 14.1. The highest BCUT2D eigenvalue weighted by Gasteiger charge is 2.50. The fraction of sp³-hybridized carbons (Fsp3) is 0.535. The molecule has 13 nitrogen and oxygen atoms in total. The van der Waals surface area contributed by atoms with Crippen molar-refractivity contribution in [3.63, 3.8) is 0 Å². The van der Waals surface area contributed by atoms with Crippen LogP contribution in [0.2, 0.25) is 0 Å². The number of phenolic OH excluding ortho intramolecular Hbond substituents is 2. The molecule has 0 saturated carbocycles. The van der Waals surface area contributed by atoms with E-state index in [0.29, 0.717) is 25.5 Å². The first-order valence-corrected chi connectivity index (χ1v) is 22.2. The molecule has 5 aliphatic rings. The number of nitrogens with two attached hydrogens (primary N) is 1. The molecule has 1 amide bonds. The third kappa shape index (κ3) is 7.86. The number of aromatic nitrogens is 1. The molecule has 0 radical (unpaired) electrons. The summed E-state index contributed by atoms with van der Waals surface area (Å²) >= 11 is 0. The fourth-order valence-corrected chi connectivity index (χ4v) is 11.5. The number of anilines is 1. The summed E-state index contributed by atoms with van der Waals surface area (Å²) in [5.74, 6) is -2.80. The Morgan fingerprint density at radius 2 is 1.83 bits per heavy atom. The van der Waals surface area contributed by atoms with E-state index in [4.69, 9.17) is 29.4 Å². The van der Waals surface area contributed by atoms with Gasteiger partial charge >= 0.3 is 0 Å². The Labute approximate surface area is 345 Å². The third-order valence-electron chi connectivity index (χ3n) is 12.2. The van der Waals surface area contributed by atoms with Crippen LogP contribution in [0.4, 0.5) is 5.69 Å². The van der Waals surface area contributed by atoms with Gasteiger partial charge in [0.25, 0.3) is 0 Å². The number of carbonyl (C=O) groups excluding carboxylic acids is 3. The quantitative estimate of drug-likeness (QED) is 0.0812. The summed E-state index contributed by atoms with van der Waals surface area (Å²) in [4.78, 5) is 46.6. The molecule has 3 aliphatic heterocycles. The van der Waals surface area contributed by atoms with E-state index in [1.807, 2.05) is 39.0 Å². The standard InChI is InChI=1S/C43H51N3O10S2/c1-21-40-25(22-10-6-8-15-53-42(52-4)29(17-22)56-40)19-31(54-21)55-28-18-23(41(51)46-20-43(2,3)58-57-30-13-5-7-14-45-30)16-26-33(28)39(50)35-34(37(26)48)36(47)24-11-9-12-27(44)32(24)38(35)49/h5,7,9,11-14,21-23,25,28-29,31,40,42,48,50H,6,8,10,15-20,44H2,1-4H3,(H,46,51)/t21-,22?,23+,25+,28-,29-,31-,40+,42-/m0/s1. The minimum absolute atomic E-state index is 0.00186. The van der Waals surface area contributed by atoms with E-state index >= 15 is 0 Å². The van der Waals surface area contributed by atoms with Crippen LogP contribution < -0.4 is 11.1 Å². The minimum atomic E-state index is -0.979. The summed E-state index contributed by atoms with van der Waals surface area (Å²) in [5.41, 5.74) is 6.03. The number of nitrogens with one attached hydrogen (secondary N) is 1. The molecule has 310 valence electrons. The first-order valence-electron chi connectivity index (χ1n) is 20.1. The molecule has 4 heterocycles. The maximum atomic E-state index is 14.1. The molecular formula is C43H51N3O10S2. The molecule has 1 aromatic heterocycles. The number of rotatable bonds is 9. The number of pyridine rings is 1. The molecule has 2 bridgehead atoms. The summed E-state index contributed by atoms with van der Waals surface area (Å²) in [5, 5.41) is 28.0. The molecule has 8 rings (SSSR count). The number of ketones is 2. The lowest BCUT2D eigenvalue weighted by Crippen LogP contribution is -2.55. The lowest BCUT2D eigenvalue weighted by atomic mass is 9.73. The topological polar surface area (TPSA) is 189 Å². The van der Waals surface area contributed by atoms with E-state index in [-0.39, 0.29) is 86.8 Å². The zero-order valence-corrected chi connectivity index (χ0v) is 34.7. The molecule has 3 saturated heterocycles. The van der Waals surface area contributed by atoms with Gasteiger partial charge in [-0.2, -0.15) is 0 Å². The number of nitrogen functional groups attached to an aromatic ring is 1. The van der Waals surface area contributed by atoms with Crippen LogP contribution in [0.3, 0.4) is 0 Å². The highest BCUT2D eigenvalue weighted by atomic mass is 33.1. The lowest BCUT2D eigenvalue weighted by Gasteiger charge is -2.50. The van der Waals surface area contributed by atoms with Crippen LogP contribution in [0, 0.1) is 17.8 Å². The number of amides is 1. The normalized spacial score (nSPS) is 29.5. The summed E-state index contributed by atoms with van der Waals surface area (Å²) < 4.78 is 31.3. The van der Waals surface area contributed by atoms with Crippen LogP contribution in [-0.4, -0.2) is 88.6 Å². The van der Waals surface area contributed by atoms with Crippen LogP contribution in [0.1, 0.15) is 108 Å². The molecule has 0 spiro atoms. The highest BCUT2D eigenvalue weighted by Crippen LogP contribution is 2.53. The molecule has 3 aromatic rings. The number of fused-ring (bicyclic) bond motifs is 7. The van der Waals surface area contributed by atoms with E-state index in [0.717, 1.165) is 30.7 Å². The Bertz CT molecular complexity index is 2070. The number of phenols is 2. The Balaban J connectivity index is 1.09. The maximum Gasteiger partial charge on any atom is 0.223 e. The first kappa shape index (κ1) is 41.1. The van der Waals surface area contributed by atoms with E-state index in [9.17, 15) is 24.6 Å². The van der Waals surface area contributed by atoms with Crippen molar-refractivity contribution >= 4 is 44.7 Å². The summed E-state index contributed by atoms with van der Waals surface area (Å²) in [6.07, 6.45) is 2.99. The van der Waals surface area contributed by atoms with Gasteiger partial charge in [-0.25, -0.2) is 4.98 Å². The van der Waals surface area contributed by atoms with Gasteiger partial charge in [0.2, 0.25) is 5.91 Å². The lowest BCUT2D eigenvalue weighted by molar-refractivity contribution is -0.305. The van der Waals surface area contributed by atoms with Crippen LogP contribution in [-0.2, 0) is 34.9 Å². The van der Waals surface area contributed by atoms with Crippen LogP contribution >= 0.6 is 21.6 Å². The monoisotopic (exact) mass is 833 g/mol. The van der Waals surface area contributed by atoms with E-state index in [2.05, 4.69) is 10.3 Å². The van der Waals surface area contributed by atoms with Gasteiger partial charge in [-0.3, -0.25) is 14.4 Å². The summed E-state index contributed by atoms with van der Waals surface area (Å²) in [7, 11) is 4.75. The third-order valence-corrected chi connectivity index (χ3v) is 15.4. The zero-order chi connectivity index (χ0) is 40.9. The fourth-order valence-electron chi connectivity index (χ4n) is 9.41. The molecule has 15 heteroatoms. The summed E-state index contributed by atoms with van der Waals surface area (Å²) in [6.45, 7) is 6.96. The molecule has 2 aromatic carbocycles. The average Bonchev–Trinajstić information content (AvgIpc) is 3.29. The molecule has 9 atom stereocenters. The molecule has 3 fully saturated rings. The zero-order valence-electron chi connectivity index (χ0n) is 33.1. The highest BCUT2D eigenvalue weighted by molar-refractivity contribution is 8.77. The largest absolute Gasteiger partial charge is 0.507 e. The van der Waals surface area contributed by atoms with Gasteiger partial charge < -0.3 is 44.9 Å². The smallest absolute Gasteiger partial charge is 0.223 e. The molecule has 5 N–H and O–H groups in total. The molecule has 1 unspecified atom stereocenters. The Kier molecular flexibility index (Phi) is 11.9. The van der Waals surface area contributed by atoms with Gasteiger partial charge in [0.05, 0.1) is 35.0 Å². The predicted octanol–water partition coefficient (Wildman–Crippen LogP) is 6.50. The second-order valence-electron chi connectivity index (χ2n) is 16.6. The van der Waals surface area contributed by atoms with Crippen LogP contribution in [0.5, 0.6) is 11.5 Å². The van der Waals surface area contributed by atoms with Gasteiger partial charge in [0.1, 0.15) is 22.6 Å². The number of nitrogens with zero attached hydrogens (tertiary/aromatic N) is 1. The van der Waals surface area contributed by atoms with E-state index in [1.165, 1.54) is 22.9 Å². The number of ether oxygens (including phenoxy) is 5. The summed E-state index contributed by atoms with van der Waals surface area (Å²) in [6, 6.07) is 10.3. The second kappa shape index (κ2) is 16.7. The average molecular weight is 834 g/mol. The van der Waals surface area contributed by atoms with Crippen molar-refractivity contribution in [2.45, 2.75) is 112 Å². The Morgan fingerprint density at radius 1 is 1.02 bits per heavy atom. The molecule has 2 aliphatic carbocycles. The van der Waals surface area contributed by atoms with Gasteiger partial charge in [-0.05, 0) is 93.7 Å². The number of methoxy groups -OCH3 is 1. The number of benzene rings is 2. The molecular weight excluding hydrogens is 783 g/mol. The number of hydrogen-bond donors (Lipinski definition) is 4. The minimum Gasteiger partial charge on any atom is -0.507 e. The van der Waals surface area contributed by atoms with Crippen molar-refractivity contribution in [2.75, 3.05) is 26.0 Å². The number of carbonyl (C=O) groups is 3. The SMILES string of the molecule is CO[C@H]1OCCCCC2C[C@@H]1O[C@@H]1[C@H](C)O[C@@H](O[C@H]3C[C@H](C(=O)NCC(C)(C)SSc4ccccn4)Cc4c(O)c5c(c(O)c43)C(=O)c3c(N)cccc3C5=O)C[C@H]21. The van der Waals surface area contributed by atoms with E-state index < -0.39 is 47.7 Å². The predicted molar refractivity (Wildman–Crippen MR) is 218 cm³/mol. The first-order chi connectivity index (χ1) is 27.8.